The van der Waals surface area contributed by atoms with Gasteiger partial charge in [0, 0.05) is 37.2 Å². The number of ether oxygens (including phenoxy) is 3. The summed E-state index contributed by atoms with van der Waals surface area (Å²) in [5.41, 5.74) is 1.36. The van der Waals surface area contributed by atoms with Crippen molar-refractivity contribution >= 4 is 11.9 Å². The van der Waals surface area contributed by atoms with Gasteiger partial charge in [0.05, 0.1) is 26.9 Å². The first-order valence-electron chi connectivity index (χ1n) is 11.5. The molecule has 0 bridgehead atoms. The molecule has 0 heterocycles. The number of amides is 1. The van der Waals surface area contributed by atoms with Gasteiger partial charge in [0.2, 0.25) is 5.96 Å². The zero-order chi connectivity index (χ0) is 25.3. The predicted octanol–water partition coefficient (Wildman–Crippen LogP) is 2.97. The molecule has 0 saturated heterocycles. The normalized spacial score (nSPS) is 19.7. The smallest absolute Gasteiger partial charge is 0.255 e. The van der Waals surface area contributed by atoms with Gasteiger partial charge in [-0.25, -0.2) is 0 Å². The third-order valence-corrected chi connectivity index (χ3v) is 6.61. The van der Waals surface area contributed by atoms with Crippen molar-refractivity contribution in [3.05, 3.63) is 53.6 Å². The summed E-state index contributed by atoms with van der Waals surface area (Å²) >= 11 is 0. The number of aliphatic imine (C=N–C) groups is 1. The van der Waals surface area contributed by atoms with Gasteiger partial charge in [0.1, 0.15) is 5.75 Å². The van der Waals surface area contributed by atoms with E-state index in [1.165, 1.54) is 26.9 Å². The molecule has 0 atom stereocenters. The Balaban J connectivity index is 1.79. The molecule has 1 amide bonds. The van der Waals surface area contributed by atoms with Gasteiger partial charge in [-0.3, -0.25) is 15.1 Å². The highest BCUT2D eigenvalue weighted by Crippen LogP contribution is 2.40. The monoisotopic (exact) mass is 479 g/mol. The number of guanidine groups is 1. The summed E-state index contributed by atoms with van der Waals surface area (Å²) in [6.07, 6.45) is 5.37. The fourth-order valence-corrected chi connectivity index (χ4v) is 4.63. The molecule has 0 spiro atoms. The minimum atomic E-state index is -0.239. The van der Waals surface area contributed by atoms with E-state index in [2.05, 4.69) is 33.1 Å². The van der Waals surface area contributed by atoms with Crippen LogP contribution in [0.3, 0.4) is 0 Å². The van der Waals surface area contributed by atoms with Gasteiger partial charge >= 0.3 is 0 Å². The van der Waals surface area contributed by atoms with E-state index in [0.717, 1.165) is 25.7 Å². The van der Waals surface area contributed by atoms with Gasteiger partial charge in [0.25, 0.3) is 5.91 Å². The lowest BCUT2D eigenvalue weighted by atomic mass is 9.68. The van der Waals surface area contributed by atoms with Crippen LogP contribution in [0.1, 0.15) is 41.6 Å². The van der Waals surface area contributed by atoms with Crippen LogP contribution in [0, 0.1) is 11.5 Å². The molecule has 1 aliphatic rings. The summed E-state index contributed by atoms with van der Waals surface area (Å²) in [6.45, 7) is 0.477. The van der Waals surface area contributed by atoms with Crippen LogP contribution in [0.15, 0.2) is 47.5 Å². The van der Waals surface area contributed by atoms with Crippen molar-refractivity contribution in [2.24, 2.45) is 4.99 Å². The molecule has 35 heavy (non-hydrogen) atoms. The van der Waals surface area contributed by atoms with Crippen LogP contribution in [-0.4, -0.2) is 52.8 Å². The number of nitrogens with one attached hydrogen (secondary N) is 3. The zero-order valence-corrected chi connectivity index (χ0v) is 20.7. The fraction of sp³-hybridized carbons (Fsp3) is 0.423. The molecule has 0 unspecified atom stereocenters. The molecule has 1 fully saturated rings. The quantitative estimate of drug-likeness (QED) is 0.231. The van der Waals surface area contributed by atoms with Crippen molar-refractivity contribution in [1.82, 2.24) is 16.0 Å². The number of hydrogen-bond acceptors (Lipinski definition) is 6. The summed E-state index contributed by atoms with van der Waals surface area (Å²) < 4.78 is 16.2. The minimum Gasteiger partial charge on any atom is -0.496 e. The molecule has 186 valence electrons. The third-order valence-electron chi connectivity index (χ3n) is 6.61. The molecule has 3 N–H and O–H groups in total. The van der Waals surface area contributed by atoms with Gasteiger partial charge in [-0.15, -0.1) is 0 Å². The van der Waals surface area contributed by atoms with Crippen molar-refractivity contribution < 1.29 is 19.0 Å². The lowest BCUT2D eigenvalue weighted by molar-refractivity contribution is 0.0931. The Hall–Kier alpha value is -3.93. The second-order valence-electron chi connectivity index (χ2n) is 8.46. The van der Waals surface area contributed by atoms with Gasteiger partial charge < -0.3 is 24.8 Å². The first kappa shape index (κ1) is 25.7. The predicted molar refractivity (Wildman–Crippen MR) is 134 cm³/mol. The van der Waals surface area contributed by atoms with Gasteiger partial charge in [-0.2, -0.15) is 5.26 Å². The minimum absolute atomic E-state index is 0.188. The van der Waals surface area contributed by atoms with Crippen molar-refractivity contribution in [3.63, 3.8) is 0 Å². The van der Waals surface area contributed by atoms with Crippen LogP contribution < -0.4 is 30.2 Å². The Morgan fingerprint density at radius 1 is 1.06 bits per heavy atom. The SMILES string of the molecule is CN=C(NC#N)NC1CCC(CNC(=O)c2cc(OC)c(OC)cc2OC)(c2ccccc2)CC1. The van der Waals surface area contributed by atoms with Crippen molar-refractivity contribution in [2.75, 3.05) is 34.9 Å². The van der Waals surface area contributed by atoms with E-state index in [0.29, 0.717) is 35.3 Å². The van der Waals surface area contributed by atoms with Crippen molar-refractivity contribution in [1.29, 1.82) is 5.26 Å². The molecule has 0 radical (unpaired) electrons. The number of carbonyl (C=O) groups is 1. The second kappa shape index (κ2) is 12.0. The number of methoxy groups -OCH3 is 3. The van der Waals surface area contributed by atoms with Crippen molar-refractivity contribution in [2.45, 2.75) is 37.1 Å². The maximum absolute atomic E-state index is 13.3. The molecule has 3 rings (SSSR count). The molecule has 2 aromatic carbocycles. The van der Waals surface area contributed by atoms with E-state index in [1.807, 2.05) is 24.4 Å². The lowest BCUT2D eigenvalue weighted by Gasteiger charge is -2.41. The van der Waals surface area contributed by atoms with E-state index >= 15 is 0 Å². The van der Waals surface area contributed by atoms with Crippen LogP contribution in [0.2, 0.25) is 0 Å². The molecule has 2 aromatic rings. The van der Waals surface area contributed by atoms with Gasteiger partial charge in [0.15, 0.2) is 17.7 Å². The van der Waals surface area contributed by atoms with Crippen LogP contribution in [0.25, 0.3) is 0 Å². The maximum Gasteiger partial charge on any atom is 0.255 e. The van der Waals surface area contributed by atoms with Crippen LogP contribution >= 0.6 is 0 Å². The summed E-state index contributed by atoms with van der Waals surface area (Å²) in [5.74, 6) is 1.60. The van der Waals surface area contributed by atoms with E-state index in [-0.39, 0.29) is 17.4 Å². The molecular weight excluding hydrogens is 446 g/mol. The number of rotatable bonds is 8. The Morgan fingerprint density at radius 3 is 2.26 bits per heavy atom. The topological polar surface area (TPSA) is 117 Å². The average molecular weight is 480 g/mol. The highest BCUT2D eigenvalue weighted by Gasteiger charge is 2.37. The lowest BCUT2D eigenvalue weighted by Crippen LogP contribution is -2.49. The van der Waals surface area contributed by atoms with E-state index < -0.39 is 0 Å². The average Bonchev–Trinajstić information content (AvgIpc) is 2.91. The van der Waals surface area contributed by atoms with Crippen LogP contribution in [-0.2, 0) is 5.41 Å². The number of benzene rings is 2. The first-order valence-corrected chi connectivity index (χ1v) is 11.5. The van der Waals surface area contributed by atoms with Crippen LogP contribution in [0.4, 0.5) is 0 Å². The number of nitrogens with zero attached hydrogens (tertiary/aromatic N) is 2. The summed E-state index contributed by atoms with van der Waals surface area (Å²) in [5, 5.41) is 17.9. The Kier molecular flexibility index (Phi) is 8.79. The second-order valence-corrected chi connectivity index (χ2v) is 8.46. The largest absolute Gasteiger partial charge is 0.496 e. The third kappa shape index (κ3) is 5.96. The summed E-state index contributed by atoms with van der Waals surface area (Å²) in [7, 11) is 6.23. The molecule has 0 aliphatic heterocycles. The molecule has 0 aromatic heterocycles. The Bertz CT molecular complexity index is 1070. The molecular formula is C26H33N5O4. The molecule has 1 saturated carbocycles. The Morgan fingerprint density at radius 2 is 1.69 bits per heavy atom. The Labute approximate surface area is 206 Å². The maximum atomic E-state index is 13.3. The first-order chi connectivity index (χ1) is 17.0. The number of carbonyl (C=O) groups excluding carboxylic acids is 1. The van der Waals surface area contributed by atoms with Gasteiger partial charge in [-0.1, -0.05) is 30.3 Å². The highest BCUT2D eigenvalue weighted by molar-refractivity contribution is 5.98. The van der Waals surface area contributed by atoms with Crippen LogP contribution in [0.5, 0.6) is 17.2 Å². The molecule has 1 aliphatic carbocycles. The highest BCUT2D eigenvalue weighted by atomic mass is 16.5. The number of hydrogen-bond donors (Lipinski definition) is 3. The van der Waals surface area contributed by atoms with E-state index in [4.69, 9.17) is 19.5 Å². The molecule has 9 heteroatoms. The molecule has 9 nitrogen and oxygen atoms in total. The standard InChI is InChI=1S/C26H33N5O4/c1-28-25(30-17-27)31-19-10-12-26(13-11-19,18-8-6-5-7-9-18)16-29-24(32)20-14-22(34-3)23(35-4)15-21(20)33-2/h5-9,14-15,19H,10-13,16H2,1-4H3,(H,29,32)(H2,28,30,31). The number of nitriles is 1. The fourth-order valence-electron chi connectivity index (χ4n) is 4.63. The zero-order valence-electron chi connectivity index (χ0n) is 20.7. The van der Waals surface area contributed by atoms with Gasteiger partial charge in [-0.05, 0) is 31.2 Å². The van der Waals surface area contributed by atoms with Crippen molar-refractivity contribution in [3.8, 4) is 23.4 Å². The summed E-state index contributed by atoms with van der Waals surface area (Å²) in [4.78, 5) is 17.4. The van der Waals surface area contributed by atoms with E-state index in [9.17, 15) is 4.79 Å². The van der Waals surface area contributed by atoms with E-state index in [1.54, 1.807) is 19.2 Å². The summed E-state index contributed by atoms with van der Waals surface area (Å²) in [6, 6.07) is 13.8.